The van der Waals surface area contributed by atoms with Crippen LogP contribution in [0.2, 0.25) is 0 Å². The first-order chi connectivity index (χ1) is 12.5. The van der Waals surface area contributed by atoms with Crippen molar-refractivity contribution in [3.63, 3.8) is 0 Å². The number of nitrogens with zero attached hydrogens (tertiary/aromatic N) is 2. The van der Waals surface area contributed by atoms with Crippen molar-refractivity contribution in [1.82, 2.24) is 9.47 Å². The van der Waals surface area contributed by atoms with Gasteiger partial charge in [0.25, 0.3) is 5.91 Å². The monoisotopic (exact) mass is 374 g/mol. The van der Waals surface area contributed by atoms with Gasteiger partial charge in [-0.3, -0.25) is 9.59 Å². The molecule has 3 rings (SSSR count). The Morgan fingerprint density at radius 1 is 1.35 bits per heavy atom. The molecule has 0 N–H and O–H groups in total. The summed E-state index contributed by atoms with van der Waals surface area (Å²) in [5, 5.41) is 2.07. The molecular weight excluding hydrogens is 348 g/mol. The van der Waals surface area contributed by atoms with E-state index in [4.69, 9.17) is 4.74 Å². The SMILES string of the molecule is CCOC(=O)C1CCCN(C(=O)c2cc(C)n(Cc3cccs3)c2C)C1. The van der Waals surface area contributed by atoms with E-state index in [1.807, 2.05) is 37.8 Å². The van der Waals surface area contributed by atoms with Crippen molar-refractivity contribution >= 4 is 23.2 Å². The average molecular weight is 375 g/mol. The Balaban J connectivity index is 1.76. The Morgan fingerprint density at radius 2 is 2.15 bits per heavy atom. The molecule has 140 valence electrons. The largest absolute Gasteiger partial charge is 0.466 e. The van der Waals surface area contributed by atoms with E-state index in [0.29, 0.717) is 19.7 Å². The summed E-state index contributed by atoms with van der Waals surface area (Å²) in [5.74, 6) is -0.375. The van der Waals surface area contributed by atoms with Gasteiger partial charge in [-0.25, -0.2) is 0 Å². The highest BCUT2D eigenvalue weighted by Crippen LogP contribution is 2.24. The fourth-order valence-corrected chi connectivity index (χ4v) is 4.30. The van der Waals surface area contributed by atoms with E-state index in [1.165, 1.54) is 4.88 Å². The highest BCUT2D eigenvalue weighted by Gasteiger charge is 2.31. The second-order valence-electron chi connectivity index (χ2n) is 6.79. The van der Waals surface area contributed by atoms with Gasteiger partial charge in [0.05, 0.1) is 24.6 Å². The van der Waals surface area contributed by atoms with Crippen LogP contribution < -0.4 is 0 Å². The summed E-state index contributed by atoms with van der Waals surface area (Å²) in [6.45, 7) is 8.17. The lowest BCUT2D eigenvalue weighted by Gasteiger charge is -2.31. The van der Waals surface area contributed by atoms with Crippen LogP contribution in [0.15, 0.2) is 23.6 Å². The zero-order chi connectivity index (χ0) is 18.7. The second-order valence-corrected chi connectivity index (χ2v) is 7.82. The minimum absolute atomic E-state index is 0.0181. The van der Waals surface area contributed by atoms with Crippen LogP contribution in [0.5, 0.6) is 0 Å². The Labute approximate surface area is 158 Å². The van der Waals surface area contributed by atoms with E-state index in [-0.39, 0.29) is 17.8 Å². The lowest BCUT2D eigenvalue weighted by molar-refractivity contribution is -0.149. The maximum Gasteiger partial charge on any atom is 0.310 e. The number of carbonyl (C=O) groups excluding carboxylic acids is 2. The van der Waals surface area contributed by atoms with Crippen molar-refractivity contribution in [1.29, 1.82) is 0 Å². The molecule has 1 fully saturated rings. The van der Waals surface area contributed by atoms with Crippen molar-refractivity contribution < 1.29 is 14.3 Å². The van der Waals surface area contributed by atoms with Crippen LogP contribution in [0.3, 0.4) is 0 Å². The maximum atomic E-state index is 13.1. The Bertz CT molecular complexity index is 779. The third-order valence-electron chi connectivity index (χ3n) is 5.03. The molecule has 0 aromatic carbocycles. The van der Waals surface area contributed by atoms with Crippen molar-refractivity contribution in [2.45, 2.75) is 40.2 Å². The highest BCUT2D eigenvalue weighted by molar-refractivity contribution is 7.09. The van der Waals surface area contributed by atoms with Crippen LogP contribution >= 0.6 is 11.3 Å². The summed E-state index contributed by atoms with van der Waals surface area (Å²) in [6, 6.07) is 6.13. The number of hydrogen-bond acceptors (Lipinski definition) is 4. The van der Waals surface area contributed by atoms with E-state index in [0.717, 1.165) is 36.3 Å². The molecule has 2 aromatic rings. The van der Waals surface area contributed by atoms with Crippen LogP contribution in [-0.2, 0) is 16.1 Å². The summed E-state index contributed by atoms with van der Waals surface area (Å²) >= 11 is 1.72. The van der Waals surface area contributed by atoms with Gasteiger partial charge in [0.1, 0.15) is 0 Å². The molecule has 1 aliphatic heterocycles. The first kappa shape index (κ1) is 18.7. The first-order valence-electron chi connectivity index (χ1n) is 9.16. The predicted molar refractivity (Wildman–Crippen MR) is 103 cm³/mol. The van der Waals surface area contributed by atoms with Gasteiger partial charge in [-0.1, -0.05) is 6.07 Å². The smallest absolute Gasteiger partial charge is 0.310 e. The predicted octanol–water partition coefficient (Wildman–Crippen LogP) is 3.63. The van der Waals surface area contributed by atoms with E-state index in [2.05, 4.69) is 16.0 Å². The van der Waals surface area contributed by atoms with Gasteiger partial charge in [-0.05, 0) is 51.1 Å². The molecule has 0 saturated carbocycles. The number of thiophene rings is 1. The molecule has 2 aromatic heterocycles. The van der Waals surface area contributed by atoms with E-state index < -0.39 is 0 Å². The number of likely N-dealkylation sites (tertiary alicyclic amines) is 1. The van der Waals surface area contributed by atoms with Gasteiger partial charge < -0.3 is 14.2 Å². The number of amides is 1. The van der Waals surface area contributed by atoms with Crippen LogP contribution in [0.4, 0.5) is 0 Å². The number of piperidine rings is 1. The normalized spacial score (nSPS) is 17.3. The third kappa shape index (κ3) is 3.85. The van der Waals surface area contributed by atoms with Crippen molar-refractivity contribution in [3.05, 3.63) is 45.4 Å². The van der Waals surface area contributed by atoms with Gasteiger partial charge in [0.15, 0.2) is 0 Å². The number of rotatable bonds is 5. The molecule has 1 saturated heterocycles. The zero-order valence-electron chi connectivity index (χ0n) is 15.7. The van der Waals surface area contributed by atoms with E-state index >= 15 is 0 Å². The Hall–Kier alpha value is -2.08. The molecule has 1 atom stereocenters. The zero-order valence-corrected chi connectivity index (χ0v) is 16.5. The van der Waals surface area contributed by atoms with Crippen molar-refractivity contribution in [3.8, 4) is 0 Å². The lowest BCUT2D eigenvalue weighted by atomic mass is 9.97. The van der Waals surface area contributed by atoms with Crippen LogP contribution in [-0.4, -0.2) is 41.0 Å². The van der Waals surface area contributed by atoms with Crippen molar-refractivity contribution in [2.75, 3.05) is 19.7 Å². The number of hydrogen-bond donors (Lipinski definition) is 0. The Morgan fingerprint density at radius 3 is 2.85 bits per heavy atom. The minimum atomic E-state index is -0.206. The summed E-state index contributed by atoms with van der Waals surface area (Å²) in [4.78, 5) is 28.2. The van der Waals surface area contributed by atoms with Crippen LogP contribution in [0, 0.1) is 19.8 Å². The van der Waals surface area contributed by atoms with Crippen molar-refractivity contribution in [2.24, 2.45) is 5.92 Å². The fraction of sp³-hybridized carbons (Fsp3) is 0.500. The van der Waals surface area contributed by atoms with E-state index in [1.54, 1.807) is 11.3 Å². The quantitative estimate of drug-likeness (QED) is 0.751. The summed E-state index contributed by atoms with van der Waals surface area (Å²) < 4.78 is 7.33. The molecule has 5 nitrogen and oxygen atoms in total. The molecular formula is C20H26N2O3S. The van der Waals surface area contributed by atoms with Gasteiger partial charge in [0, 0.05) is 29.4 Å². The highest BCUT2D eigenvalue weighted by atomic mass is 32.1. The molecule has 0 aliphatic carbocycles. The molecule has 26 heavy (non-hydrogen) atoms. The topological polar surface area (TPSA) is 51.5 Å². The molecule has 3 heterocycles. The number of aryl methyl sites for hydroxylation is 1. The third-order valence-corrected chi connectivity index (χ3v) is 5.89. The molecule has 0 bridgehead atoms. The first-order valence-corrected chi connectivity index (χ1v) is 10.0. The van der Waals surface area contributed by atoms with E-state index in [9.17, 15) is 9.59 Å². The van der Waals surface area contributed by atoms with Gasteiger partial charge >= 0.3 is 5.97 Å². The summed E-state index contributed by atoms with van der Waals surface area (Å²) in [6.07, 6.45) is 1.63. The average Bonchev–Trinajstić information content (AvgIpc) is 3.25. The molecule has 1 amide bonds. The fourth-order valence-electron chi connectivity index (χ4n) is 3.60. The van der Waals surface area contributed by atoms with Gasteiger partial charge in [-0.15, -0.1) is 11.3 Å². The summed E-state index contributed by atoms with van der Waals surface area (Å²) in [7, 11) is 0. The van der Waals surface area contributed by atoms with Crippen LogP contribution in [0.25, 0.3) is 0 Å². The lowest BCUT2D eigenvalue weighted by Crippen LogP contribution is -2.43. The summed E-state index contributed by atoms with van der Waals surface area (Å²) in [5.41, 5.74) is 2.81. The molecule has 1 aliphatic rings. The Kier molecular flexibility index (Phi) is 5.81. The minimum Gasteiger partial charge on any atom is -0.466 e. The standard InChI is InChI=1S/C20H26N2O3S/c1-4-25-20(24)16-7-5-9-21(12-16)19(23)18-11-14(2)22(15(18)3)13-17-8-6-10-26-17/h6,8,10-11,16H,4-5,7,9,12-13H2,1-3H3. The maximum absolute atomic E-state index is 13.1. The molecule has 0 spiro atoms. The van der Waals surface area contributed by atoms with Gasteiger partial charge in [-0.2, -0.15) is 0 Å². The number of aromatic nitrogens is 1. The number of carbonyl (C=O) groups is 2. The van der Waals surface area contributed by atoms with Gasteiger partial charge in [0.2, 0.25) is 0 Å². The number of esters is 1. The molecule has 0 radical (unpaired) electrons. The molecule has 1 unspecified atom stereocenters. The second kappa shape index (κ2) is 8.08. The van der Waals surface area contributed by atoms with Crippen LogP contribution in [0.1, 0.15) is 46.4 Å². The molecule has 6 heteroatoms. The number of ether oxygens (including phenoxy) is 1.